The second-order valence-corrected chi connectivity index (χ2v) is 6.31. The summed E-state index contributed by atoms with van der Waals surface area (Å²) in [6.45, 7) is 3.58. The van der Waals surface area contributed by atoms with Crippen molar-refractivity contribution in [2.24, 2.45) is 0 Å². The van der Waals surface area contributed by atoms with Crippen LogP contribution in [0.15, 0.2) is 36.4 Å². The Labute approximate surface area is 159 Å². The van der Waals surface area contributed by atoms with Gasteiger partial charge in [-0.2, -0.15) is 5.26 Å². The van der Waals surface area contributed by atoms with Crippen molar-refractivity contribution in [3.8, 4) is 29.1 Å². The molecule has 6 heteroatoms. The molecule has 6 nitrogen and oxygen atoms in total. The quantitative estimate of drug-likeness (QED) is 0.676. The van der Waals surface area contributed by atoms with Gasteiger partial charge in [0.25, 0.3) is 0 Å². The first-order valence-corrected chi connectivity index (χ1v) is 9.01. The lowest BCUT2D eigenvalue weighted by atomic mass is 10.1. The molecule has 2 aromatic rings. The van der Waals surface area contributed by atoms with Crippen LogP contribution in [0.5, 0.6) is 23.0 Å². The van der Waals surface area contributed by atoms with Gasteiger partial charge in [0.1, 0.15) is 0 Å². The van der Waals surface area contributed by atoms with Gasteiger partial charge in [0.05, 0.1) is 19.8 Å². The summed E-state index contributed by atoms with van der Waals surface area (Å²) in [4.78, 5) is 0. The standard InChI is InChI=1S/C21H24N2O4/c1-15(17-6-8-19-21(12-17)27-14-26-19)23-13-16-5-7-18(24-2)20(11-16)25-10-4-3-9-22/h5-8,11-12,15,23H,3-4,10,13-14H2,1-2H3. The lowest BCUT2D eigenvalue weighted by molar-refractivity contribution is 0.174. The number of rotatable bonds is 9. The summed E-state index contributed by atoms with van der Waals surface area (Å²) in [5, 5.41) is 12.1. The average molecular weight is 368 g/mol. The maximum absolute atomic E-state index is 8.62. The molecular formula is C21H24N2O4. The summed E-state index contributed by atoms with van der Waals surface area (Å²) in [7, 11) is 1.62. The number of benzene rings is 2. The number of nitriles is 1. The van der Waals surface area contributed by atoms with Crippen LogP contribution < -0.4 is 24.3 Å². The van der Waals surface area contributed by atoms with Crippen LogP contribution in [0, 0.1) is 11.3 Å². The third-order valence-corrected chi connectivity index (χ3v) is 4.43. The molecule has 3 rings (SSSR count). The van der Waals surface area contributed by atoms with E-state index in [0.29, 0.717) is 37.5 Å². The molecular weight excluding hydrogens is 344 g/mol. The molecule has 0 amide bonds. The van der Waals surface area contributed by atoms with Crippen molar-refractivity contribution < 1.29 is 18.9 Å². The smallest absolute Gasteiger partial charge is 0.231 e. The predicted octanol–water partition coefficient (Wildman–Crippen LogP) is 3.96. The van der Waals surface area contributed by atoms with E-state index in [1.54, 1.807) is 7.11 Å². The SMILES string of the molecule is COc1ccc(CNC(C)c2ccc3c(c2)OCO3)cc1OCCCC#N. The summed E-state index contributed by atoms with van der Waals surface area (Å²) in [5.41, 5.74) is 2.24. The van der Waals surface area contributed by atoms with E-state index in [1.165, 1.54) is 0 Å². The number of fused-ring (bicyclic) bond motifs is 1. The molecule has 0 spiro atoms. The molecule has 1 heterocycles. The van der Waals surface area contributed by atoms with Crippen LogP contribution in [-0.4, -0.2) is 20.5 Å². The number of hydrogen-bond acceptors (Lipinski definition) is 6. The van der Waals surface area contributed by atoms with Crippen molar-refractivity contribution in [2.75, 3.05) is 20.5 Å². The summed E-state index contributed by atoms with van der Waals surface area (Å²) in [5.74, 6) is 2.97. The van der Waals surface area contributed by atoms with Crippen molar-refractivity contribution in [1.82, 2.24) is 5.32 Å². The van der Waals surface area contributed by atoms with Crippen LogP contribution in [-0.2, 0) is 6.54 Å². The third kappa shape index (κ3) is 4.83. The van der Waals surface area contributed by atoms with Crippen LogP contribution in [0.1, 0.15) is 36.9 Å². The molecule has 2 aromatic carbocycles. The highest BCUT2D eigenvalue weighted by atomic mass is 16.7. The third-order valence-electron chi connectivity index (χ3n) is 4.43. The normalized spacial score (nSPS) is 13.1. The first kappa shape index (κ1) is 18.9. The van der Waals surface area contributed by atoms with Gasteiger partial charge >= 0.3 is 0 Å². The molecule has 1 N–H and O–H groups in total. The van der Waals surface area contributed by atoms with Crippen LogP contribution in [0.3, 0.4) is 0 Å². The average Bonchev–Trinajstić information content (AvgIpc) is 3.17. The lowest BCUT2D eigenvalue weighted by Gasteiger charge is -2.16. The van der Waals surface area contributed by atoms with Crippen molar-refractivity contribution in [1.29, 1.82) is 5.26 Å². The van der Waals surface area contributed by atoms with Crippen LogP contribution in [0.25, 0.3) is 0 Å². The minimum atomic E-state index is 0.154. The van der Waals surface area contributed by atoms with Gasteiger partial charge in [-0.25, -0.2) is 0 Å². The van der Waals surface area contributed by atoms with E-state index in [2.05, 4.69) is 18.3 Å². The van der Waals surface area contributed by atoms with E-state index in [-0.39, 0.29) is 12.8 Å². The van der Waals surface area contributed by atoms with Gasteiger partial charge < -0.3 is 24.3 Å². The number of nitrogens with zero attached hydrogens (tertiary/aromatic N) is 1. The molecule has 0 fully saturated rings. The maximum Gasteiger partial charge on any atom is 0.231 e. The first-order chi connectivity index (χ1) is 13.2. The molecule has 0 aliphatic carbocycles. The van der Waals surface area contributed by atoms with Crippen molar-refractivity contribution >= 4 is 0 Å². The largest absolute Gasteiger partial charge is 0.493 e. The minimum absolute atomic E-state index is 0.154. The number of hydrogen-bond donors (Lipinski definition) is 1. The molecule has 1 aliphatic heterocycles. The Kier molecular flexibility index (Phi) is 6.39. The van der Waals surface area contributed by atoms with E-state index in [9.17, 15) is 0 Å². The van der Waals surface area contributed by atoms with Gasteiger partial charge in [0, 0.05) is 19.0 Å². The fourth-order valence-corrected chi connectivity index (χ4v) is 2.85. The topological polar surface area (TPSA) is 72.7 Å². The Morgan fingerprint density at radius 1 is 1.15 bits per heavy atom. The molecule has 0 bridgehead atoms. The molecule has 1 unspecified atom stereocenters. The highest BCUT2D eigenvalue weighted by Gasteiger charge is 2.15. The van der Waals surface area contributed by atoms with E-state index in [0.717, 1.165) is 22.6 Å². The first-order valence-electron chi connectivity index (χ1n) is 9.01. The summed E-state index contributed by atoms with van der Waals surface area (Å²) < 4.78 is 21.9. The molecule has 0 aromatic heterocycles. The Morgan fingerprint density at radius 3 is 2.81 bits per heavy atom. The molecule has 1 aliphatic rings. The van der Waals surface area contributed by atoms with Crippen molar-refractivity contribution in [2.45, 2.75) is 32.4 Å². The highest BCUT2D eigenvalue weighted by Crippen LogP contribution is 2.34. The zero-order valence-electron chi connectivity index (χ0n) is 15.7. The number of ether oxygens (including phenoxy) is 4. The molecule has 27 heavy (non-hydrogen) atoms. The van der Waals surface area contributed by atoms with Gasteiger partial charge in [-0.05, 0) is 48.7 Å². The van der Waals surface area contributed by atoms with Crippen LogP contribution >= 0.6 is 0 Å². The van der Waals surface area contributed by atoms with Gasteiger partial charge in [-0.1, -0.05) is 12.1 Å². The summed E-state index contributed by atoms with van der Waals surface area (Å²) in [6, 6.07) is 14.2. The Bertz CT molecular complexity index is 816. The minimum Gasteiger partial charge on any atom is -0.493 e. The lowest BCUT2D eigenvalue weighted by Crippen LogP contribution is -2.18. The van der Waals surface area contributed by atoms with Gasteiger partial charge in [0.15, 0.2) is 23.0 Å². The number of nitrogens with one attached hydrogen (secondary N) is 1. The predicted molar refractivity (Wildman–Crippen MR) is 101 cm³/mol. The molecule has 0 saturated carbocycles. The molecule has 0 radical (unpaired) electrons. The fraction of sp³-hybridized carbons (Fsp3) is 0.381. The highest BCUT2D eigenvalue weighted by molar-refractivity contribution is 5.45. The van der Waals surface area contributed by atoms with Crippen molar-refractivity contribution in [3.05, 3.63) is 47.5 Å². The number of methoxy groups -OCH3 is 1. The zero-order valence-corrected chi connectivity index (χ0v) is 15.7. The summed E-state index contributed by atoms with van der Waals surface area (Å²) >= 11 is 0. The second-order valence-electron chi connectivity index (χ2n) is 6.31. The second kappa shape index (κ2) is 9.15. The molecule has 142 valence electrons. The maximum atomic E-state index is 8.62. The van der Waals surface area contributed by atoms with E-state index in [1.807, 2.05) is 36.4 Å². The molecule has 0 saturated heterocycles. The van der Waals surface area contributed by atoms with Crippen LogP contribution in [0.2, 0.25) is 0 Å². The van der Waals surface area contributed by atoms with E-state index < -0.39 is 0 Å². The molecule has 1 atom stereocenters. The van der Waals surface area contributed by atoms with Crippen LogP contribution in [0.4, 0.5) is 0 Å². The van der Waals surface area contributed by atoms with Gasteiger partial charge in [-0.3, -0.25) is 0 Å². The fourth-order valence-electron chi connectivity index (χ4n) is 2.85. The van der Waals surface area contributed by atoms with E-state index in [4.69, 9.17) is 24.2 Å². The van der Waals surface area contributed by atoms with Crippen molar-refractivity contribution in [3.63, 3.8) is 0 Å². The van der Waals surface area contributed by atoms with Gasteiger partial charge in [0.2, 0.25) is 6.79 Å². The van der Waals surface area contributed by atoms with E-state index >= 15 is 0 Å². The monoisotopic (exact) mass is 368 g/mol. The Hall–Kier alpha value is -2.91. The zero-order chi connectivity index (χ0) is 19.1. The number of unbranched alkanes of at least 4 members (excludes halogenated alkanes) is 1. The summed E-state index contributed by atoms with van der Waals surface area (Å²) in [6.07, 6.45) is 1.18. The van der Waals surface area contributed by atoms with Gasteiger partial charge in [-0.15, -0.1) is 0 Å². The Morgan fingerprint density at radius 2 is 2.00 bits per heavy atom. The Balaban J connectivity index is 1.60.